The number of rotatable bonds is 5. The van der Waals surface area contributed by atoms with Crippen molar-refractivity contribution in [3.05, 3.63) is 45.6 Å². The molecule has 2 aliphatic carbocycles. The van der Waals surface area contributed by atoms with Crippen molar-refractivity contribution in [2.24, 2.45) is 0 Å². The molecule has 1 fully saturated rings. The lowest BCUT2D eigenvalue weighted by molar-refractivity contribution is -0.113. The van der Waals surface area contributed by atoms with Gasteiger partial charge in [0.15, 0.2) is 10.8 Å². The van der Waals surface area contributed by atoms with Crippen molar-refractivity contribution in [3.8, 4) is 0 Å². The molecule has 164 valence electrons. The Bertz CT molecular complexity index is 1370. The lowest BCUT2D eigenvalue weighted by Crippen LogP contribution is -2.15. The number of thiophene rings is 1. The number of thioether (sulfide) groups is 1. The second-order valence-corrected chi connectivity index (χ2v) is 11.0. The van der Waals surface area contributed by atoms with Crippen LogP contribution < -0.4 is 5.32 Å². The summed E-state index contributed by atoms with van der Waals surface area (Å²) in [6.07, 6.45) is 7.05. The van der Waals surface area contributed by atoms with Gasteiger partial charge in [-0.3, -0.25) is 9.20 Å². The van der Waals surface area contributed by atoms with E-state index in [-0.39, 0.29) is 11.7 Å². The molecule has 6 rings (SSSR count). The van der Waals surface area contributed by atoms with Gasteiger partial charge in [0.05, 0.1) is 11.1 Å². The number of carbonyl (C=O) groups excluding carboxylic acids is 1. The molecule has 0 radical (unpaired) electrons. The van der Waals surface area contributed by atoms with Crippen molar-refractivity contribution in [3.63, 3.8) is 0 Å². The SMILES string of the molecule is Cc1ccc(C)c(NC(=O)CSc2nnc3c4c5c(sc4nc(C4CC4)n23)CCCC5)c1. The van der Waals surface area contributed by atoms with Crippen LogP contribution in [0, 0.1) is 13.8 Å². The Balaban J connectivity index is 1.33. The summed E-state index contributed by atoms with van der Waals surface area (Å²) in [5.41, 5.74) is 5.41. The molecule has 0 unspecified atom stereocenters. The molecule has 1 aromatic carbocycles. The maximum atomic E-state index is 12.7. The third kappa shape index (κ3) is 3.49. The van der Waals surface area contributed by atoms with Crippen LogP contribution >= 0.6 is 23.1 Å². The highest BCUT2D eigenvalue weighted by Gasteiger charge is 2.32. The second-order valence-electron chi connectivity index (χ2n) is 8.93. The van der Waals surface area contributed by atoms with Crippen LogP contribution in [0.5, 0.6) is 0 Å². The van der Waals surface area contributed by atoms with Crippen molar-refractivity contribution >= 4 is 50.6 Å². The highest BCUT2D eigenvalue weighted by molar-refractivity contribution is 7.99. The molecule has 3 heterocycles. The van der Waals surface area contributed by atoms with E-state index in [4.69, 9.17) is 4.98 Å². The molecular formula is C24H25N5OS2. The smallest absolute Gasteiger partial charge is 0.234 e. The Morgan fingerprint density at radius 3 is 2.91 bits per heavy atom. The van der Waals surface area contributed by atoms with Gasteiger partial charge in [-0.2, -0.15) is 0 Å². The second kappa shape index (κ2) is 7.85. The standard InChI is InChI=1S/C24H25N5OS2/c1-13-7-8-14(2)17(11-13)25-19(30)12-31-24-28-27-22-20-16-5-3-4-6-18(16)32-23(20)26-21(29(22)24)15-9-10-15/h7-8,11,15H,3-6,9-10,12H2,1-2H3,(H,25,30). The fourth-order valence-electron chi connectivity index (χ4n) is 4.55. The molecular weight excluding hydrogens is 438 g/mol. The molecule has 0 spiro atoms. The molecule has 0 aliphatic heterocycles. The minimum Gasteiger partial charge on any atom is -0.325 e. The van der Waals surface area contributed by atoms with Gasteiger partial charge in [-0.25, -0.2) is 4.98 Å². The molecule has 1 saturated carbocycles. The molecule has 4 aromatic rings. The van der Waals surface area contributed by atoms with Crippen molar-refractivity contribution < 1.29 is 4.79 Å². The van der Waals surface area contributed by atoms with E-state index in [1.165, 1.54) is 40.4 Å². The third-order valence-corrected chi connectivity index (χ3v) is 8.51. The fourth-order valence-corrected chi connectivity index (χ4v) is 6.55. The van der Waals surface area contributed by atoms with Gasteiger partial charge in [0.1, 0.15) is 10.7 Å². The third-order valence-electron chi connectivity index (χ3n) is 6.40. The summed E-state index contributed by atoms with van der Waals surface area (Å²) in [7, 11) is 0. The Labute approximate surface area is 194 Å². The van der Waals surface area contributed by atoms with Gasteiger partial charge in [-0.15, -0.1) is 21.5 Å². The van der Waals surface area contributed by atoms with Crippen LogP contribution in [0.2, 0.25) is 0 Å². The molecule has 3 aromatic heterocycles. The number of aryl methyl sites for hydroxylation is 4. The minimum absolute atomic E-state index is 0.0321. The molecule has 1 amide bonds. The van der Waals surface area contributed by atoms with E-state index >= 15 is 0 Å². The number of fused-ring (bicyclic) bond motifs is 5. The van der Waals surface area contributed by atoms with E-state index in [9.17, 15) is 4.79 Å². The first-order chi connectivity index (χ1) is 15.6. The maximum absolute atomic E-state index is 12.7. The van der Waals surface area contributed by atoms with E-state index < -0.39 is 0 Å². The topological polar surface area (TPSA) is 72.2 Å². The van der Waals surface area contributed by atoms with Crippen molar-refractivity contribution in [2.75, 3.05) is 11.1 Å². The molecule has 6 nitrogen and oxygen atoms in total. The summed E-state index contributed by atoms with van der Waals surface area (Å²) in [5.74, 6) is 1.79. The van der Waals surface area contributed by atoms with Gasteiger partial charge in [-0.1, -0.05) is 23.9 Å². The number of nitrogens with one attached hydrogen (secondary N) is 1. The molecule has 0 atom stereocenters. The maximum Gasteiger partial charge on any atom is 0.234 e. The summed E-state index contributed by atoms with van der Waals surface area (Å²) in [4.78, 5) is 20.4. The lowest BCUT2D eigenvalue weighted by Gasteiger charge is -2.11. The number of hydrogen-bond donors (Lipinski definition) is 1. The van der Waals surface area contributed by atoms with E-state index in [1.807, 2.05) is 37.3 Å². The summed E-state index contributed by atoms with van der Waals surface area (Å²) >= 11 is 3.28. The lowest BCUT2D eigenvalue weighted by atomic mass is 9.97. The minimum atomic E-state index is -0.0321. The summed E-state index contributed by atoms with van der Waals surface area (Å²) < 4.78 is 2.14. The van der Waals surface area contributed by atoms with Gasteiger partial charge < -0.3 is 5.32 Å². The first-order valence-electron chi connectivity index (χ1n) is 11.3. The van der Waals surface area contributed by atoms with Gasteiger partial charge in [0.25, 0.3) is 0 Å². The van der Waals surface area contributed by atoms with Crippen LogP contribution in [0.25, 0.3) is 15.9 Å². The molecule has 2 aliphatic rings. The van der Waals surface area contributed by atoms with Crippen LogP contribution in [0.1, 0.15) is 59.0 Å². The van der Waals surface area contributed by atoms with E-state index in [0.29, 0.717) is 5.92 Å². The van der Waals surface area contributed by atoms with Gasteiger partial charge in [0.2, 0.25) is 5.91 Å². The van der Waals surface area contributed by atoms with Gasteiger partial charge in [-0.05, 0) is 75.1 Å². The number of anilines is 1. The average Bonchev–Trinajstić information content (AvgIpc) is 3.44. The van der Waals surface area contributed by atoms with Crippen molar-refractivity contribution in [1.29, 1.82) is 0 Å². The van der Waals surface area contributed by atoms with Crippen LogP contribution in [0.4, 0.5) is 5.69 Å². The van der Waals surface area contributed by atoms with Crippen LogP contribution in [0.3, 0.4) is 0 Å². The van der Waals surface area contributed by atoms with E-state index in [0.717, 1.165) is 64.0 Å². The fraction of sp³-hybridized carbons (Fsp3) is 0.417. The largest absolute Gasteiger partial charge is 0.325 e. The number of hydrogen-bond acceptors (Lipinski definition) is 6. The first kappa shape index (κ1) is 20.2. The number of aromatic nitrogens is 4. The normalized spacial score (nSPS) is 15.9. The number of benzene rings is 1. The van der Waals surface area contributed by atoms with Gasteiger partial charge in [0, 0.05) is 16.5 Å². The predicted molar refractivity (Wildman–Crippen MR) is 130 cm³/mol. The van der Waals surface area contributed by atoms with Crippen LogP contribution in [-0.4, -0.2) is 31.2 Å². The first-order valence-corrected chi connectivity index (χ1v) is 13.1. The number of carbonyl (C=O) groups is 1. The van der Waals surface area contributed by atoms with Crippen molar-refractivity contribution in [1.82, 2.24) is 19.6 Å². The molecule has 0 bridgehead atoms. The molecule has 0 saturated heterocycles. The van der Waals surface area contributed by atoms with Crippen LogP contribution in [-0.2, 0) is 17.6 Å². The summed E-state index contributed by atoms with van der Waals surface area (Å²) in [6.45, 7) is 4.04. The Morgan fingerprint density at radius 1 is 1.22 bits per heavy atom. The Morgan fingerprint density at radius 2 is 2.06 bits per heavy atom. The van der Waals surface area contributed by atoms with Crippen molar-refractivity contribution in [2.45, 2.75) is 63.4 Å². The Kier molecular flexibility index (Phi) is 4.95. The quantitative estimate of drug-likeness (QED) is 0.399. The zero-order valence-electron chi connectivity index (χ0n) is 18.3. The zero-order valence-corrected chi connectivity index (χ0v) is 19.9. The highest BCUT2D eigenvalue weighted by atomic mass is 32.2. The Hall–Kier alpha value is -2.45. The van der Waals surface area contributed by atoms with E-state index in [2.05, 4.69) is 26.0 Å². The number of nitrogens with zero attached hydrogens (tertiary/aromatic N) is 4. The molecule has 32 heavy (non-hydrogen) atoms. The van der Waals surface area contributed by atoms with Gasteiger partial charge >= 0.3 is 0 Å². The zero-order chi connectivity index (χ0) is 21.8. The monoisotopic (exact) mass is 463 g/mol. The summed E-state index contributed by atoms with van der Waals surface area (Å²) in [5, 5.41) is 14.1. The molecule has 8 heteroatoms. The highest BCUT2D eigenvalue weighted by Crippen LogP contribution is 2.44. The summed E-state index contributed by atoms with van der Waals surface area (Å²) in [6, 6.07) is 6.10. The predicted octanol–water partition coefficient (Wildman–Crippen LogP) is 5.44. The number of amides is 1. The van der Waals surface area contributed by atoms with E-state index in [1.54, 1.807) is 0 Å². The molecule has 1 N–H and O–H groups in total. The van der Waals surface area contributed by atoms with Crippen LogP contribution in [0.15, 0.2) is 23.4 Å². The average molecular weight is 464 g/mol.